The molecule has 0 unspecified atom stereocenters. The van der Waals surface area contributed by atoms with Crippen molar-refractivity contribution in [3.05, 3.63) is 29.3 Å². The third-order valence-corrected chi connectivity index (χ3v) is 2.97. The van der Waals surface area contributed by atoms with Crippen LogP contribution in [0.3, 0.4) is 0 Å². The standard InChI is InChI=1S/C13H15N3O/c1-16(8-2-6-14)13(17)11-3-4-12-10(9-11)5-7-15-12/h3-4,9,15H,2,5,7-8H2,1H3. The monoisotopic (exact) mass is 229 g/mol. The van der Waals surface area contributed by atoms with Gasteiger partial charge in [-0.05, 0) is 30.2 Å². The van der Waals surface area contributed by atoms with Crippen LogP contribution in [-0.4, -0.2) is 30.9 Å². The molecule has 88 valence electrons. The number of anilines is 1. The van der Waals surface area contributed by atoms with E-state index in [1.807, 2.05) is 24.3 Å². The first-order valence-corrected chi connectivity index (χ1v) is 5.71. The quantitative estimate of drug-likeness (QED) is 0.857. The highest BCUT2D eigenvalue weighted by Gasteiger charge is 2.15. The zero-order valence-corrected chi connectivity index (χ0v) is 9.86. The molecule has 4 nitrogen and oxygen atoms in total. The summed E-state index contributed by atoms with van der Waals surface area (Å²) in [5, 5.41) is 11.8. The Bertz CT molecular complexity index is 476. The summed E-state index contributed by atoms with van der Waals surface area (Å²) in [5.74, 6) is -0.0186. The highest BCUT2D eigenvalue weighted by molar-refractivity contribution is 5.94. The lowest BCUT2D eigenvalue weighted by Crippen LogP contribution is -2.27. The van der Waals surface area contributed by atoms with E-state index in [1.54, 1.807) is 11.9 Å². The van der Waals surface area contributed by atoms with Crippen molar-refractivity contribution in [2.45, 2.75) is 12.8 Å². The van der Waals surface area contributed by atoms with Crippen molar-refractivity contribution in [1.29, 1.82) is 5.26 Å². The SMILES string of the molecule is CN(CCC#N)C(=O)c1ccc2c(c1)CCN2. The highest BCUT2D eigenvalue weighted by Crippen LogP contribution is 2.23. The van der Waals surface area contributed by atoms with E-state index in [4.69, 9.17) is 5.26 Å². The zero-order valence-electron chi connectivity index (χ0n) is 9.86. The van der Waals surface area contributed by atoms with Crippen LogP contribution in [0.2, 0.25) is 0 Å². The molecule has 0 atom stereocenters. The van der Waals surface area contributed by atoms with Gasteiger partial charge in [0.15, 0.2) is 0 Å². The van der Waals surface area contributed by atoms with E-state index < -0.39 is 0 Å². The average Bonchev–Trinajstić information content (AvgIpc) is 2.81. The van der Waals surface area contributed by atoms with Gasteiger partial charge in [-0.2, -0.15) is 5.26 Å². The molecule has 0 aliphatic carbocycles. The van der Waals surface area contributed by atoms with Crippen LogP contribution in [0, 0.1) is 11.3 Å². The second kappa shape index (κ2) is 4.88. The van der Waals surface area contributed by atoms with Gasteiger partial charge in [-0.25, -0.2) is 0 Å². The Morgan fingerprint density at radius 1 is 1.59 bits per heavy atom. The van der Waals surface area contributed by atoms with Gasteiger partial charge in [0.05, 0.1) is 12.5 Å². The van der Waals surface area contributed by atoms with E-state index in [9.17, 15) is 4.79 Å². The molecule has 0 bridgehead atoms. The number of nitriles is 1. The molecule has 4 heteroatoms. The molecular formula is C13H15N3O. The highest BCUT2D eigenvalue weighted by atomic mass is 16.2. The van der Waals surface area contributed by atoms with Crippen molar-refractivity contribution in [1.82, 2.24) is 4.90 Å². The van der Waals surface area contributed by atoms with E-state index in [0.29, 0.717) is 18.5 Å². The van der Waals surface area contributed by atoms with Crippen LogP contribution >= 0.6 is 0 Å². The molecule has 1 heterocycles. The van der Waals surface area contributed by atoms with Gasteiger partial charge in [0.25, 0.3) is 5.91 Å². The molecule has 0 aromatic heterocycles. The number of amides is 1. The molecule has 17 heavy (non-hydrogen) atoms. The summed E-state index contributed by atoms with van der Waals surface area (Å²) < 4.78 is 0. The van der Waals surface area contributed by atoms with E-state index in [2.05, 4.69) is 5.32 Å². The molecule has 1 aromatic rings. The van der Waals surface area contributed by atoms with E-state index >= 15 is 0 Å². The number of carbonyl (C=O) groups excluding carboxylic acids is 1. The van der Waals surface area contributed by atoms with E-state index in [1.165, 1.54) is 5.56 Å². The van der Waals surface area contributed by atoms with Gasteiger partial charge in [-0.3, -0.25) is 4.79 Å². The summed E-state index contributed by atoms with van der Waals surface area (Å²) in [7, 11) is 1.73. The molecule has 1 aliphatic rings. The summed E-state index contributed by atoms with van der Waals surface area (Å²) in [6, 6.07) is 7.78. The molecule has 0 fully saturated rings. The van der Waals surface area contributed by atoms with E-state index in [0.717, 1.165) is 18.7 Å². The summed E-state index contributed by atoms with van der Waals surface area (Å²) in [6.45, 7) is 1.42. The first kappa shape index (κ1) is 11.5. The minimum atomic E-state index is -0.0186. The molecule has 1 aliphatic heterocycles. The molecule has 2 rings (SSSR count). The van der Waals surface area contributed by atoms with Crippen molar-refractivity contribution in [2.24, 2.45) is 0 Å². The third-order valence-electron chi connectivity index (χ3n) is 2.97. The summed E-state index contributed by atoms with van der Waals surface area (Å²) in [6.07, 6.45) is 1.34. The van der Waals surface area contributed by atoms with Crippen LogP contribution in [-0.2, 0) is 6.42 Å². The summed E-state index contributed by atoms with van der Waals surface area (Å²) in [5.41, 5.74) is 3.03. The van der Waals surface area contributed by atoms with Gasteiger partial charge >= 0.3 is 0 Å². The first-order valence-electron chi connectivity index (χ1n) is 5.71. The number of hydrogen-bond acceptors (Lipinski definition) is 3. The number of hydrogen-bond donors (Lipinski definition) is 1. The van der Waals surface area contributed by atoms with Gasteiger partial charge in [0.2, 0.25) is 0 Å². The number of rotatable bonds is 3. The fraction of sp³-hybridized carbons (Fsp3) is 0.385. The molecule has 0 spiro atoms. The number of nitrogens with one attached hydrogen (secondary N) is 1. The van der Waals surface area contributed by atoms with Gasteiger partial charge in [0, 0.05) is 31.4 Å². The maximum absolute atomic E-state index is 12.0. The summed E-state index contributed by atoms with van der Waals surface area (Å²) in [4.78, 5) is 13.6. The lowest BCUT2D eigenvalue weighted by atomic mass is 10.1. The average molecular weight is 229 g/mol. The van der Waals surface area contributed by atoms with Crippen molar-refractivity contribution >= 4 is 11.6 Å². The number of fused-ring (bicyclic) bond motifs is 1. The Morgan fingerprint density at radius 2 is 2.41 bits per heavy atom. The molecular weight excluding hydrogens is 214 g/mol. The molecule has 0 radical (unpaired) electrons. The van der Waals surface area contributed by atoms with Gasteiger partial charge in [-0.15, -0.1) is 0 Å². The predicted octanol–water partition coefficient (Wildman–Crippen LogP) is 1.64. The Morgan fingerprint density at radius 3 is 3.18 bits per heavy atom. The lowest BCUT2D eigenvalue weighted by Gasteiger charge is -2.15. The van der Waals surface area contributed by atoms with Crippen LogP contribution in [0.15, 0.2) is 18.2 Å². The molecule has 1 aromatic carbocycles. The smallest absolute Gasteiger partial charge is 0.253 e. The topological polar surface area (TPSA) is 56.1 Å². The van der Waals surface area contributed by atoms with Crippen molar-refractivity contribution in [2.75, 3.05) is 25.5 Å². The van der Waals surface area contributed by atoms with Gasteiger partial charge < -0.3 is 10.2 Å². The molecule has 0 saturated heterocycles. The minimum Gasteiger partial charge on any atom is -0.384 e. The third kappa shape index (κ3) is 2.39. The largest absolute Gasteiger partial charge is 0.384 e. The maximum atomic E-state index is 12.0. The second-order valence-corrected chi connectivity index (χ2v) is 4.18. The Balaban J connectivity index is 2.12. The number of nitrogens with zero attached hydrogens (tertiary/aromatic N) is 2. The normalized spacial score (nSPS) is 12.5. The lowest BCUT2D eigenvalue weighted by molar-refractivity contribution is 0.0798. The van der Waals surface area contributed by atoms with Crippen molar-refractivity contribution < 1.29 is 4.79 Å². The van der Waals surface area contributed by atoms with Crippen LogP contribution in [0.1, 0.15) is 22.3 Å². The Kier molecular flexibility index (Phi) is 3.29. The van der Waals surface area contributed by atoms with Gasteiger partial charge in [-0.1, -0.05) is 0 Å². The summed E-state index contributed by atoms with van der Waals surface area (Å²) >= 11 is 0. The van der Waals surface area contributed by atoms with Crippen LogP contribution in [0.25, 0.3) is 0 Å². The van der Waals surface area contributed by atoms with E-state index in [-0.39, 0.29) is 5.91 Å². The van der Waals surface area contributed by atoms with Crippen molar-refractivity contribution in [3.8, 4) is 6.07 Å². The fourth-order valence-electron chi connectivity index (χ4n) is 1.98. The Labute approximate surface area is 101 Å². The molecule has 0 saturated carbocycles. The first-order chi connectivity index (χ1) is 8.22. The zero-order chi connectivity index (χ0) is 12.3. The maximum Gasteiger partial charge on any atom is 0.253 e. The van der Waals surface area contributed by atoms with Crippen molar-refractivity contribution in [3.63, 3.8) is 0 Å². The molecule has 1 N–H and O–H groups in total. The Hall–Kier alpha value is -2.02. The second-order valence-electron chi connectivity index (χ2n) is 4.18. The van der Waals surface area contributed by atoms with Crippen LogP contribution in [0.4, 0.5) is 5.69 Å². The molecule has 1 amide bonds. The minimum absolute atomic E-state index is 0.0186. The fourth-order valence-corrected chi connectivity index (χ4v) is 1.98. The predicted molar refractivity (Wildman–Crippen MR) is 65.8 cm³/mol. The van der Waals surface area contributed by atoms with Gasteiger partial charge in [0.1, 0.15) is 0 Å². The van der Waals surface area contributed by atoms with Crippen LogP contribution < -0.4 is 5.32 Å². The number of carbonyl (C=O) groups is 1. The number of benzene rings is 1. The van der Waals surface area contributed by atoms with Crippen LogP contribution in [0.5, 0.6) is 0 Å².